The van der Waals surface area contributed by atoms with Crippen LogP contribution >= 0.6 is 0 Å². The number of aryl methyl sites for hydroxylation is 1. The number of carbonyl (C=O) groups is 1. The first kappa shape index (κ1) is 14.7. The lowest BCUT2D eigenvalue weighted by molar-refractivity contribution is -0.118. The van der Waals surface area contributed by atoms with Crippen LogP contribution in [-0.2, 0) is 11.2 Å². The SMILES string of the molecule is CCc1ccccc1N(C)C(=O)CCNC(C)C. The lowest BCUT2D eigenvalue weighted by Gasteiger charge is -2.20. The van der Waals surface area contributed by atoms with Gasteiger partial charge in [0.25, 0.3) is 0 Å². The quantitative estimate of drug-likeness (QED) is 0.839. The Hall–Kier alpha value is -1.35. The monoisotopic (exact) mass is 248 g/mol. The topological polar surface area (TPSA) is 32.3 Å². The van der Waals surface area contributed by atoms with Gasteiger partial charge in [-0.2, -0.15) is 0 Å². The molecule has 0 saturated carbocycles. The molecule has 1 amide bonds. The van der Waals surface area contributed by atoms with E-state index in [-0.39, 0.29) is 5.91 Å². The summed E-state index contributed by atoms with van der Waals surface area (Å²) in [5.74, 6) is 0.157. The molecule has 1 rings (SSSR count). The molecular formula is C15H24N2O. The van der Waals surface area contributed by atoms with E-state index in [9.17, 15) is 4.79 Å². The summed E-state index contributed by atoms with van der Waals surface area (Å²) in [5, 5.41) is 3.26. The van der Waals surface area contributed by atoms with Gasteiger partial charge in [0.2, 0.25) is 5.91 Å². The van der Waals surface area contributed by atoms with Crippen molar-refractivity contribution in [3.63, 3.8) is 0 Å². The number of nitrogens with one attached hydrogen (secondary N) is 1. The van der Waals surface area contributed by atoms with Crippen LogP contribution in [0.1, 0.15) is 32.8 Å². The minimum atomic E-state index is 0.157. The lowest BCUT2D eigenvalue weighted by atomic mass is 10.1. The predicted octanol–water partition coefficient (Wildman–Crippen LogP) is 2.60. The number of para-hydroxylation sites is 1. The molecule has 0 unspecified atom stereocenters. The largest absolute Gasteiger partial charge is 0.315 e. The molecule has 0 aromatic heterocycles. The molecule has 1 N–H and O–H groups in total. The number of nitrogens with zero attached hydrogens (tertiary/aromatic N) is 1. The van der Waals surface area contributed by atoms with Crippen molar-refractivity contribution >= 4 is 11.6 Å². The Balaban J connectivity index is 2.62. The fourth-order valence-electron chi connectivity index (χ4n) is 1.91. The van der Waals surface area contributed by atoms with Crippen LogP contribution in [0.25, 0.3) is 0 Å². The first-order valence-electron chi connectivity index (χ1n) is 6.64. The molecule has 0 bridgehead atoms. The molecule has 0 atom stereocenters. The third kappa shape index (κ3) is 4.15. The van der Waals surface area contributed by atoms with E-state index in [1.54, 1.807) is 4.90 Å². The molecule has 3 nitrogen and oxygen atoms in total. The molecule has 0 aliphatic rings. The lowest BCUT2D eigenvalue weighted by Crippen LogP contribution is -2.32. The van der Waals surface area contributed by atoms with Gasteiger partial charge >= 0.3 is 0 Å². The summed E-state index contributed by atoms with van der Waals surface area (Å²) in [6.07, 6.45) is 1.48. The van der Waals surface area contributed by atoms with Crippen molar-refractivity contribution < 1.29 is 4.79 Å². The molecule has 0 aliphatic heterocycles. The Bertz CT molecular complexity index is 388. The molecule has 1 aromatic rings. The summed E-state index contributed by atoms with van der Waals surface area (Å²) in [7, 11) is 1.85. The van der Waals surface area contributed by atoms with Gasteiger partial charge in [-0.05, 0) is 18.1 Å². The van der Waals surface area contributed by atoms with E-state index < -0.39 is 0 Å². The standard InChI is InChI=1S/C15H24N2O/c1-5-13-8-6-7-9-14(13)17(4)15(18)10-11-16-12(2)3/h6-9,12,16H,5,10-11H2,1-4H3. The second-order valence-corrected chi connectivity index (χ2v) is 4.79. The van der Waals surface area contributed by atoms with Crippen molar-refractivity contribution in [2.45, 2.75) is 39.7 Å². The smallest absolute Gasteiger partial charge is 0.228 e. The highest BCUT2D eigenvalue weighted by molar-refractivity contribution is 5.93. The highest BCUT2D eigenvalue weighted by Crippen LogP contribution is 2.20. The Morgan fingerprint density at radius 3 is 2.61 bits per heavy atom. The zero-order valence-electron chi connectivity index (χ0n) is 11.9. The molecule has 3 heteroatoms. The summed E-state index contributed by atoms with van der Waals surface area (Å²) >= 11 is 0. The Kier molecular flexibility index (Phi) is 5.86. The van der Waals surface area contributed by atoms with Gasteiger partial charge in [-0.15, -0.1) is 0 Å². The molecule has 0 radical (unpaired) electrons. The zero-order valence-corrected chi connectivity index (χ0v) is 11.9. The highest BCUT2D eigenvalue weighted by atomic mass is 16.2. The van der Waals surface area contributed by atoms with Gasteiger partial charge in [-0.1, -0.05) is 39.0 Å². The summed E-state index contributed by atoms with van der Waals surface area (Å²) < 4.78 is 0. The van der Waals surface area contributed by atoms with Gasteiger partial charge in [0.15, 0.2) is 0 Å². The van der Waals surface area contributed by atoms with Crippen LogP contribution in [0.4, 0.5) is 5.69 Å². The summed E-state index contributed by atoms with van der Waals surface area (Å²) in [4.78, 5) is 13.8. The zero-order chi connectivity index (χ0) is 13.5. The predicted molar refractivity (Wildman–Crippen MR) is 77.0 cm³/mol. The molecule has 0 heterocycles. The summed E-state index contributed by atoms with van der Waals surface area (Å²) in [5.41, 5.74) is 2.24. The maximum Gasteiger partial charge on any atom is 0.228 e. The molecule has 0 fully saturated rings. The van der Waals surface area contributed by atoms with Crippen molar-refractivity contribution in [1.82, 2.24) is 5.32 Å². The van der Waals surface area contributed by atoms with Gasteiger partial charge in [0.05, 0.1) is 0 Å². The van der Waals surface area contributed by atoms with Gasteiger partial charge in [-0.3, -0.25) is 4.79 Å². The molecule has 18 heavy (non-hydrogen) atoms. The number of rotatable bonds is 6. The Morgan fingerprint density at radius 2 is 2.00 bits per heavy atom. The normalized spacial score (nSPS) is 10.7. The van der Waals surface area contributed by atoms with E-state index in [0.717, 1.165) is 18.7 Å². The maximum absolute atomic E-state index is 12.1. The molecular weight excluding hydrogens is 224 g/mol. The van der Waals surface area contributed by atoms with Crippen molar-refractivity contribution in [3.05, 3.63) is 29.8 Å². The maximum atomic E-state index is 12.1. The number of hydrogen-bond donors (Lipinski definition) is 1. The van der Waals surface area contributed by atoms with Crippen LogP contribution in [0.3, 0.4) is 0 Å². The van der Waals surface area contributed by atoms with Gasteiger partial charge < -0.3 is 10.2 Å². The van der Waals surface area contributed by atoms with Crippen LogP contribution in [0, 0.1) is 0 Å². The summed E-state index contributed by atoms with van der Waals surface area (Å²) in [6.45, 7) is 7.01. The third-order valence-electron chi connectivity index (χ3n) is 3.00. The van der Waals surface area contributed by atoms with E-state index >= 15 is 0 Å². The fourth-order valence-corrected chi connectivity index (χ4v) is 1.91. The molecule has 1 aromatic carbocycles. The second kappa shape index (κ2) is 7.17. The molecule has 0 aliphatic carbocycles. The van der Waals surface area contributed by atoms with E-state index in [1.807, 2.05) is 25.2 Å². The first-order chi connectivity index (χ1) is 8.56. The minimum Gasteiger partial charge on any atom is -0.315 e. The van der Waals surface area contributed by atoms with Gasteiger partial charge in [-0.25, -0.2) is 0 Å². The van der Waals surface area contributed by atoms with Gasteiger partial charge in [0.1, 0.15) is 0 Å². The fraction of sp³-hybridized carbons (Fsp3) is 0.533. The van der Waals surface area contributed by atoms with Crippen molar-refractivity contribution in [2.75, 3.05) is 18.5 Å². The number of hydrogen-bond acceptors (Lipinski definition) is 2. The van der Waals surface area contributed by atoms with Crippen LogP contribution in [0.2, 0.25) is 0 Å². The van der Waals surface area contributed by atoms with E-state index in [1.165, 1.54) is 5.56 Å². The molecule has 0 spiro atoms. The molecule has 100 valence electrons. The van der Waals surface area contributed by atoms with Crippen LogP contribution in [0.15, 0.2) is 24.3 Å². The number of carbonyl (C=O) groups excluding carboxylic acids is 1. The number of anilines is 1. The average molecular weight is 248 g/mol. The van der Waals surface area contributed by atoms with Crippen molar-refractivity contribution in [3.8, 4) is 0 Å². The van der Waals surface area contributed by atoms with E-state index in [2.05, 4.69) is 32.2 Å². The van der Waals surface area contributed by atoms with Crippen LogP contribution in [-0.4, -0.2) is 25.5 Å². The Labute approximate surface area is 110 Å². The van der Waals surface area contributed by atoms with Crippen LogP contribution < -0.4 is 10.2 Å². The second-order valence-electron chi connectivity index (χ2n) is 4.79. The van der Waals surface area contributed by atoms with Gasteiger partial charge in [0, 0.05) is 31.7 Å². The average Bonchev–Trinajstić information content (AvgIpc) is 2.37. The van der Waals surface area contributed by atoms with E-state index in [0.29, 0.717) is 12.5 Å². The highest BCUT2D eigenvalue weighted by Gasteiger charge is 2.12. The Morgan fingerprint density at radius 1 is 1.33 bits per heavy atom. The van der Waals surface area contributed by atoms with E-state index in [4.69, 9.17) is 0 Å². The van der Waals surface area contributed by atoms with Crippen molar-refractivity contribution in [1.29, 1.82) is 0 Å². The van der Waals surface area contributed by atoms with Crippen molar-refractivity contribution in [2.24, 2.45) is 0 Å². The third-order valence-corrected chi connectivity index (χ3v) is 3.00. The number of amides is 1. The minimum absolute atomic E-state index is 0.157. The van der Waals surface area contributed by atoms with Crippen LogP contribution in [0.5, 0.6) is 0 Å². The first-order valence-corrected chi connectivity index (χ1v) is 6.64. The summed E-state index contributed by atoms with van der Waals surface area (Å²) in [6, 6.07) is 8.50. The number of benzene rings is 1. The molecule has 0 saturated heterocycles.